The van der Waals surface area contributed by atoms with Crippen LogP contribution in [0.3, 0.4) is 0 Å². The number of nitrogens with two attached hydrogens (primary N) is 2. The van der Waals surface area contributed by atoms with E-state index in [-0.39, 0.29) is 56.9 Å². The predicted octanol–water partition coefficient (Wildman–Crippen LogP) is -19.3. The number of aromatic nitrogens is 4. The van der Waals surface area contributed by atoms with Crippen molar-refractivity contribution in [3.63, 3.8) is 0 Å². The number of rotatable bonds is 36. The molecule has 2 rings (SSSR count). The number of hydrogen-bond acceptors (Lipinski definition) is 14. The van der Waals surface area contributed by atoms with Gasteiger partial charge in [-0.1, -0.05) is 14.9 Å². The molecule has 467 valence electrons. The summed E-state index contributed by atoms with van der Waals surface area (Å²) in [6, 6.07) is 2.17. The van der Waals surface area contributed by atoms with E-state index >= 15 is 0 Å². The van der Waals surface area contributed by atoms with Crippen LogP contribution < -0.4 is 17.2 Å². The molecule has 0 aliphatic carbocycles. The topological polar surface area (TPSA) is 271 Å². The van der Waals surface area contributed by atoms with Gasteiger partial charge in [-0.2, -0.15) is 4.98 Å². The van der Waals surface area contributed by atoms with E-state index < -0.39 is 232 Å². The van der Waals surface area contributed by atoms with Crippen molar-refractivity contribution in [2.24, 2.45) is 11.5 Å². The highest BCUT2D eigenvalue weighted by atomic mass is 36.0. The number of carbonyl (C=O) groups excluding carboxylic acids is 6. The number of halogens is 4. The normalized spacial score (nSPS) is 9.31. The summed E-state index contributed by atoms with van der Waals surface area (Å²) in [6.45, 7) is 10.4. The van der Waals surface area contributed by atoms with Crippen LogP contribution in [-0.4, -0.2) is 530 Å². The number of carbonyl (C=O) groups is 6. The Kier molecular flexibility index (Phi) is 72.2. The van der Waals surface area contributed by atoms with Crippen molar-refractivity contribution >= 4 is 541 Å². The number of aromatic amines is 1. The zero-order valence-electron chi connectivity index (χ0n) is 62.4. The number of esters is 3. The molecule has 2 heterocycles. The second-order valence-electron chi connectivity index (χ2n) is 25.0. The van der Waals surface area contributed by atoms with Crippen LogP contribution in [0.25, 0.3) is 0 Å². The van der Waals surface area contributed by atoms with E-state index in [1.807, 2.05) is 0 Å². The van der Waals surface area contributed by atoms with Gasteiger partial charge in [-0.25, -0.2) is 40.3 Å². The molecule has 0 aliphatic heterocycles. The van der Waals surface area contributed by atoms with Crippen LogP contribution >= 0.6 is 50.5 Å². The molecule has 0 unspecified atom stereocenters. The monoisotopic (exact) mass is 1490 g/mol. The number of Topliss-reactive ketones (excluding diaryl/α,β-unsaturated/α-hetero) is 2. The Balaban J connectivity index is -0.000000252. The summed E-state index contributed by atoms with van der Waals surface area (Å²) in [5.41, 5.74) is 9.43. The van der Waals surface area contributed by atoms with E-state index in [0.717, 1.165) is 0 Å². The van der Waals surface area contributed by atoms with Gasteiger partial charge in [-0.05, 0) is 312 Å². The number of hydrogen-bond donors (Lipinski definition) is 3. The predicted molar refractivity (Wildman–Crippen MR) is 551 cm³/mol. The number of H-pyrrole nitrogens is 1. The van der Waals surface area contributed by atoms with Gasteiger partial charge in [0.15, 0.2) is 11.4 Å². The number of ether oxygens (including phenoxy) is 3. The molecule has 86 heteroatoms. The number of urea groups is 1. The fourth-order valence-corrected chi connectivity index (χ4v) is 12.2. The van der Waals surface area contributed by atoms with Crippen LogP contribution in [-0.2, 0) is 33.2 Å². The second kappa shape index (κ2) is 64.3. The van der Waals surface area contributed by atoms with Crippen molar-refractivity contribution < 1.29 is 47.5 Å². The number of ketones is 2. The minimum Gasteiger partial charge on any atom is -0.687 e. The maximum Gasteiger partial charge on any atom is 0.375 e. The Morgan fingerprint density at radius 2 is 0.670 bits per heavy atom. The maximum absolute atomic E-state index is 11.2. The van der Waals surface area contributed by atoms with Crippen LogP contribution in [0.5, 0.6) is 0 Å². The standard InChI is InChI=1S/C8H9ClN2O2.C8H10N2O3.C7H10O4.CH4N2O.2CH4.2B32.Cl3OP/c1-3-13-7(12)6-4-5(2)10-8(9)11-6;1-3-13-7(11)6-4-5(2)9-8(12)10-6;1-3-11-7(10)6(9)4-5(2)8;2-1(3)4;;;2*1-18(2)26(17)30(25(15)16)32(29(23(11)12)24(13)14)31(27(19(3)4)20(5)6)28(21(7)8)22(9)10;1-5(2,3)4/h4H,3H2,1-2H3;4H,3H2,1-2H3,(H,9,10,12);3-4H2,1-2H3;(H4,2,3,4);2*1H4;;;/q;;;;;;;-1;. The lowest BCUT2D eigenvalue weighted by Gasteiger charge is -2.52. The molecular formula is C26H41B64Cl4N6O11P-. The number of nitrogens with zero attached hydrogens (tertiary/aromatic N) is 3. The maximum atomic E-state index is 11.2. The lowest BCUT2D eigenvalue weighted by atomic mass is 8.30. The van der Waals surface area contributed by atoms with E-state index in [4.69, 9.17) is 284 Å². The summed E-state index contributed by atoms with van der Waals surface area (Å²) in [5, 5.41) is -3.16. The third-order valence-corrected chi connectivity index (χ3v) is 16.2. The van der Waals surface area contributed by atoms with Crippen molar-refractivity contribution in [2.75, 3.05) is 19.8 Å². The summed E-state index contributed by atoms with van der Waals surface area (Å²) in [5.74, 6) is -3.09. The largest absolute Gasteiger partial charge is 0.687 e. The minimum absolute atomic E-state index is 0. The summed E-state index contributed by atoms with van der Waals surface area (Å²) in [6.07, 6.45) is -30.7. The molecule has 0 aliphatic rings. The van der Waals surface area contributed by atoms with E-state index in [2.05, 4.69) is 74.6 Å². The number of amides is 2. The highest BCUT2D eigenvalue weighted by Gasteiger charge is 2.55. The summed E-state index contributed by atoms with van der Waals surface area (Å²) in [7, 11) is 206. The molecule has 0 saturated heterocycles. The molecule has 0 spiro atoms. The van der Waals surface area contributed by atoms with E-state index in [1.165, 1.54) is 19.1 Å². The summed E-state index contributed by atoms with van der Waals surface area (Å²) >= 11 is 19.4. The Morgan fingerprint density at radius 1 is 0.429 bits per heavy atom. The molecule has 5 N–H and O–H groups in total. The smallest absolute Gasteiger partial charge is 0.375 e. The molecule has 112 heavy (non-hydrogen) atoms. The van der Waals surface area contributed by atoms with E-state index in [1.54, 1.807) is 34.6 Å². The number of aryl methyl sites for hydroxylation is 2. The lowest BCUT2D eigenvalue weighted by Crippen LogP contribution is -2.89. The van der Waals surface area contributed by atoms with E-state index in [0.29, 0.717) is 18.0 Å². The van der Waals surface area contributed by atoms with Gasteiger partial charge in [0.25, 0.3) is 0 Å². The molecule has 0 atom stereocenters. The average molecular weight is 1480 g/mol. The van der Waals surface area contributed by atoms with Gasteiger partial charge in [0.05, 0.1) is 26.2 Å². The van der Waals surface area contributed by atoms with Gasteiger partial charge < -0.3 is 38.4 Å². The SMILES string of the molecule is C.C.CCOC(=O)C(=O)CC(C)=O.CCOC(=O)c1cc(C)[nH]c(=O)n1.CCOC(=O)c1cc(C)nc(Cl)n1.NC(N)=O.O=P(Cl)(Cl)Cl.[B]B([B])B(B([B])[B])B(B(B([B])[B])B([B])[B])B(B(B([B])[B])B([B])[B])B(B([B])[B])B([B])B([B])[B-].[B]B([B])B([B])B(B([B])[B])B(B(B([B])[B])B([B])[B])B(B(B([B])[B])B([B])[B])B(B([B])[B])B([B])[B]. The molecule has 0 saturated carbocycles. The first-order valence-electron chi connectivity index (χ1n) is 33.1. The minimum atomic E-state index is -3.22. The molecule has 2 amide bonds. The molecule has 2 aromatic heterocycles. The van der Waals surface area contributed by atoms with Crippen molar-refractivity contribution in [3.8, 4) is 0 Å². The average Bonchev–Trinajstić information content (AvgIpc) is 0.768. The van der Waals surface area contributed by atoms with Crippen LogP contribution in [0.15, 0.2) is 16.9 Å². The Labute approximate surface area is 746 Å². The van der Waals surface area contributed by atoms with Crippen LogP contribution in [0, 0.1) is 13.8 Å². The second-order valence-corrected chi connectivity index (χ2v) is 32.0. The van der Waals surface area contributed by atoms with Crippen molar-refractivity contribution in [3.05, 3.63) is 50.7 Å². The first-order chi connectivity index (χ1) is 50.0. The third kappa shape index (κ3) is 50.8. The molecule has 2 aromatic rings. The molecule has 17 nitrogen and oxygen atoms in total. The Hall–Kier alpha value is 0.526. The van der Waals surface area contributed by atoms with Crippen molar-refractivity contribution in [1.29, 1.82) is 0 Å². The van der Waals surface area contributed by atoms with Gasteiger partial charge in [0, 0.05) is 239 Å². The first-order valence-corrected chi connectivity index (χ1v) is 37.9. The first kappa shape index (κ1) is 126. The fourth-order valence-electron chi connectivity index (χ4n) is 12.0. The lowest BCUT2D eigenvalue weighted by molar-refractivity contribution is -0.154. The van der Waals surface area contributed by atoms with Crippen molar-refractivity contribution in [2.45, 2.75) is 62.8 Å². The summed E-state index contributed by atoms with van der Waals surface area (Å²) in [4.78, 5) is 87.1. The Bertz CT molecular complexity index is 2870. The third-order valence-electron chi connectivity index (χ3n) is 16.0. The molecule has 0 aromatic carbocycles. The quantitative estimate of drug-likeness (QED) is 0.0109. The van der Waals surface area contributed by atoms with Gasteiger partial charge in [-0.3, -0.25) is 14.2 Å². The van der Waals surface area contributed by atoms with Gasteiger partial charge in [-0.15, -0.1) is 0 Å². The Morgan fingerprint density at radius 3 is 0.875 bits per heavy atom. The van der Waals surface area contributed by atoms with E-state index in [9.17, 15) is 33.3 Å². The summed E-state index contributed by atoms with van der Waals surface area (Å²) < 4.78 is 23.3. The molecular weight excluding hydrogens is 1440 g/mol. The fraction of sp³-hybridized carbons (Fsp3) is 0.462. The molecule has 0 fully saturated rings. The van der Waals surface area contributed by atoms with Gasteiger partial charge in [0.1, 0.15) is 5.78 Å². The highest BCUT2D eigenvalue weighted by molar-refractivity contribution is 8.31. The van der Waals surface area contributed by atoms with Crippen LogP contribution in [0.4, 0.5) is 4.79 Å². The van der Waals surface area contributed by atoms with Gasteiger partial charge in [0.2, 0.25) is 11.1 Å². The zero-order chi connectivity index (χ0) is 87.9. The van der Waals surface area contributed by atoms with Crippen LogP contribution in [0.1, 0.15) is 81.3 Å². The zero-order valence-corrected chi connectivity index (χ0v) is 66.3. The van der Waals surface area contributed by atoms with Crippen LogP contribution in [0.2, 0.25) is 5.28 Å². The number of nitrogens with one attached hydrogen (secondary N) is 1. The highest BCUT2D eigenvalue weighted by Crippen LogP contribution is 2.61. The molecule has 69 radical (unpaired) electrons. The number of primary amides is 2. The van der Waals surface area contributed by atoms with Crippen molar-refractivity contribution in [1.82, 2.24) is 19.9 Å². The van der Waals surface area contributed by atoms with Gasteiger partial charge >= 0.3 is 34.8 Å². The molecule has 0 bridgehead atoms.